The van der Waals surface area contributed by atoms with Gasteiger partial charge >= 0.3 is 0 Å². The Hall–Kier alpha value is -0.480. The van der Waals surface area contributed by atoms with Gasteiger partial charge in [-0.1, -0.05) is 0 Å². The smallest absolute Gasteiger partial charge is 0.182 e. The molecule has 0 bridgehead atoms. The van der Waals surface area contributed by atoms with E-state index in [0.717, 1.165) is 0 Å². The highest BCUT2D eigenvalue weighted by Gasteiger charge is 2.00. The van der Waals surface area contributed by atoms with Crippen LogP contribution in [0.3, 0.4) is 0 Å². The molecule has 0 saturated heterocycles. The van der Waals surface area contributed by atoms with E-state index in [1.165, 1.54) is 13.3 Å². The molecule has 0 aromatic carbocycles. The standard InChI is InChI=1S/C3H7N2OP/c1-7(2,6)5-3-4/h1-2H3,(H,5,6). The third-order valence-electron chi connectivity index (χ3n) is 0.319. The fraction of sp³-hybridized carbons (Fsp3) is 0.667. The highest BCUT2D eigenvalue weighted by molar-refractivity contribution is 7.60. The predicted octanol–water partition coefficient (Wildman–Crippen LogP) is 0.595. The maximum absolute atomic E-state index is 10.5. The Morgan fingerprint density at radius 1 is 1.71 bits per heavy atom. The highest BCUT2D eigenvalue weighted by Crippen LogP contribution is 2.28. The molecule has 7 heavy (non-hydrogen) atoms. The van der Waals surface area contributed by atoms with Crippen molar-refractivity contribution in [2.45, 2.75) is 0 Å². The van der Waals surface area contributed by atoms with Crippen molar-refractivity contribution >= 4 is 7.29 Å². The van der Waals surface area contributed by atoms with E-state index in [9.17, 15) is 4.57 Å². The second-order valence-electron chi connectivity index (χ2n) is 1.57. The van der Waals surface area contributed by atoms with Crippen LogP contribution in [0.4, 0.5) is 0 Å². The van der Waals surface area contributed by atoms with Gasteiger partial charge in [0.25, 0.3) is 0 Å². The lowest BCUT2D eigenvalue weighted by Crippen LogP contribution is -1.97. The first-order valence-electron chi connectivity index (χ1n) is 1.77. The fourth-order valence-corrected chi connectivity index (χ4v) is 0.361. The summed E-state index contributed by atoms with van der Waals surface area (Å²) in [4.78, 5) is 0. The van der Waals surface area contributed by atoms with E-state index in [1.807, 2.05) is 0 Å². The van der Waals surface area contributed by atoms with Crippen LogP contribution in [0.5, 0.6) is 0 Å². The number of hydrogen-bond donors (Lipinski definition) is 1. The van der Waals surface area contributed by atoms with E-state index in [4.69, 9.17) is 5.26 Å². The van der Waals surface area contributed by atoms with Crippen LogP contribution in [-0.2, 0) is 4.57 Å². The minimum Gasteiger partial charge on any atom is -0.300 e. The van der Waals surface area contributed by atoms with E-state index in [0.29, 0.717) is 0 Å². The van der Waals surface area contributed by atoms with Gasteiger partial charge in [-0.25, -0.2) is 0 Å². The zero-order valence-corrected chi connectivity index (χ0v) is 5.20. The molecule has 0 aliphatic rings. The lowest BCUT2D eigenvalue weighted by atomic mass is 11.5. The molecule has 0 aromatic heterocycles. The van der Waals surface area contributed by atoms with E-state index in [1.54, 1.807) is 6.19 Å². The van der Waals surface area contributed by atoms with Gasteiger partial charge in [0.1, 0.15) is 0 Å². The molecular formula is C3H7N2OP. The maximum Gasteiger partial charge on any atom is 0.182 e. The van der Waals surface area contributed by atoms with Crippen LogP contribution in [0.25, 0.3) is 0 Å². The second-order valence-corrected chi connectivity index (χ2v) is 4.50. The van der Waals surface area contributed by atoms with E-state index in [2.05, 4.69) is 5.09 Å². The van der Waals surface area contributed by atoms with E-state index < -0.39 is 7.29 Å². The van der Waals surface area contributed by atoms with Gasteiger partial charge in [0, 0.05) is 13.3 Å². The van der Waals surface area contributed by atoms with Crippen molar-refractivity contribution in [2.75, 3.05) is 13.3 Å². The summed E-state index contributed by atoms with van der Waals surface area (Å²) in [7, 11) is -2.28. The molecule has 0 saturated carbocycles. The summed E-state index contributed by atoms with van der Waals surface area (Å²) >= 11 is 0. The summed E-state index contributed by atoms with van der Waals surface area (Å²) in [5.41, 5.74) is 0. The van der Waals surface area contributed by atoms with Gasteiger partial charge in [0.2, 0.25) is 0 Å². The average Bonchev–Trinajstić information content (AvgIpc) is 1.30. The first-order chi connectivity index (χ1) is 3.06. The molecule has 0 fully saturated rings. The third-order valence-corrected chi connectivity index (χ3v) is 0.958. The van der Waals surface area contributed by atoms with Crippen molar-refractivity contribution < 1.29 is 4.57 Å². The number of nitriles is 1. The zero-order chi connectivity index (χ0) is 5.91. The van der Waals surface area contributed by atoms with Crippen molar-refractivity contribution in [3.8, 4) is 6.19 Å². The Morgan fingerprint density at radius 2 is 2.14 bits per heavy atom. The molecule has 40 valence electrons. The van der Waals surface area contributed by atoms with Gasteiger partial charge in [-0.15, -0.1) is 0 Å². The summed E-state index contributed by atoms with van der Waals surface area (Å²) in [5, 5.41) is 10.0. The molecule has 3 nitrogen and oxygen atoms in total. The summed E-state index contributed by atoms with van der Waals surface area (Å²) in [6.07, 6.45) is 1.59. The topological polar surface area (TPSA) is 52.9 Å². The molecule has 0 spiro atoms. The Kier molecular flexibility index (Phi) is 1.86. The number of nitrogens with one attached hydrogen (secondary N) is 1. The molecular weight excluding hydrogens is 111 g/mol. The molecule has 4 heteroatoms. The molecule has 0 heterocycles. The van der Waals surface area contributed by atoms with Crippen molar-refractivity contribution in [1.82, 2.24) is 5.09 Å². The molecule has 0 aromatic rings. The average molecular weight is 118 g/mol. The largest absolute Gasteiger partial charge is 0.300 e. The molecule has 0 amide bonds. The minimum atomic E-state index is -2.28. The van der Waals surface area contributed by atoms with Gasteiger partial charge in [-0.3, -0.25) is 5.09 Å². The van der Waals surface area contributed by atoms with Gasteiger partial charge in [0.05, 0.1) is 0 Å². The fourth-order valence-electron chi connectivity index (χ4n) is 0.120. The molecule has 1 N–H and O–H groups in total. The van der Waals surface area contributed by atoms with Crippen LogP contribution in [0.1, 0.15) is 0 Å². The van der Waals surface area contributed by atoms with Crippen LogP contribution >= 0.6 is 7.29 Å². The van der Waals surface area contributed by atoms with Gasteiger partial charge < -0.3 is 4.57 Å². The van der Waals surface area contributed by atoms with Crippen molar-refractivity contribution in [3.05, 3.63) is 0 Å². The van der Waals surface area contributed by atoms with Crippen LogP contribution in [-0.4, -0.2) is 13.3 Å². The number of hydrogen-bond acceptors (Lipinski definition) is 2. The number of rotatable bonds is 1. The van der Waals surface area contributed by atoms with Crippen molar-refractivity contribution in [3.63, 3.8) is 0 Å². The van der Waals surface area contributed by atoms with Crippen LogP contribution in [0.15, 0.2) is 0 Å². The normalized spacial score (nSPS) is 9.86. The Morgan fingerprint density at radius 3 is 2.14 bits per heavy atom. The first-order valence-corrected chi connectivity index (χ1v) is 4.38. The summed E-state index contributed by atoms with van der Waals surface area (Å²) in [6, 6.07) is 0. The summed E-state index contributed by atoms with van der Waals surface area (Å²) < 4.78 is 10.5. The molecule has 0 atom stereocenters. The van der Waals surface area contributed by atoms with Crippen LogP contribution < -0.4 is 5.09 Å². The maximum atomic E-state index is 10.5. The zero-order valence-electron chi connectivity index (χ0n) is 4.30. The third kappa shape index (κ3) is 5.52. The Bertz CT molecular complexity index is 130. The van der Waals surface area contributed by atoms with Crippen LogP contribution in [0, 0.1) is 11.5 Å². The lowest BCUT2D eigenvalue weighted by Gasteiger charge is -1.97. The molecule has 0 aliphatic carbocycles. The monoisotopic (exact) mass is 118 g/mol. The highest BCUT2D eigenvalue weighted by atomic mass is 31.2. The van der Waals surface area contributed by atoms with Crippen molar-refractivity contribution in [2.24, 2.45) is 0 Å². The first kappa shape index (κ1) is 6.52. The molecule has 0 aliphatic heterocycles. The van der Waals surface area contributed by atoms with Crippen molar-refractivity contribution in [1.29, 1.82) is 5.26 Å². The van der Waals surface area contributed by atoms with E-state index in [-0.39, 0.29) is 0 Å². The minimum absolute atomic E-state index is 1.50. The van der Waals surface area contributed by atoms with Crippen LogP contribution in [0.2, 0.25) is 0 Å². The Balaban J connectivity index is 3.65. The number of nitrogens with zero attached hydrogens (tertiary/aromatic N) is 1. The van der Waals surface area contributed by atoms with Gasteiger partial charge in [0.15, 0.2) is 13.5 Å². The predicted molar refractivity (Wildman–Crippen MR) is 28.2 cm³/mol. The summed E-state index contributed by atoms with van der Waals surface area (Å²) in [6.45, 7) is 2.99. The quantitative estimate of drug-likeness (QED) is 0.311. The van der Waals surface area contributed by atoms with E-state index >= 15 is 0 Å². The lowest BCUT2D eigenvalue weighted by molar-refractivity contribution is 0.579. The van der Waals surface area contributed by atoms with Gasteiger partial charge in [-0.05, 0) is 0 Å². The molecule has 0 radical (unpaired) electrons. The molecule has 0 unspecified atom stereocenters. The summed E-state index contributed by atoms with van der Waals surface area (Å²) in [5.74, 6) is 0. The van der Waals surface area contributed by atoms with Gasteiger partial charge in [-0.2, -0.15) is 5.26 Å². The molecule has 0 rings (SSSR count). The second kappa shape index (κ2) is 1.99. The Labute approximate surface area is 42.8 Å². The SMILES string of the molecule is CP(C)(=O)NC#N.